The predicted octanol–water partition coefficient (Wildman–Crippen LogP) is 0.756. The summed E-state index contributed by atoms with van der Waals surface area (Å²) in [5, 5.41) is 11.5. The number of nitrogens with one attached hydrogen (secondary N) is 1. The highest BCUT2D eigenvalue weighted by molar-refractivity contribution is 4.95. The van der Waals surface area contributed by atoms with Gasteiger partial charge in [0.15, 0.2) is 0 Å². The van der Waals surface area contributed by atoms with E-state index in [1.54, 1.807) is 0 Å². The molecule has 0 saturated heterocycles. The van der Waals surface area contributed by atoms with Crippen molar-refractivity contribution in [2.24, 2.45) is 0 Å². The molecule has 0 amide bonds. The quantitative estimate of drug-likeness (QED) is 0.644. The lowest BCUT2D eigenvalue weighted by Crippen LogP contribution is -2.55. The molecule has 0 spiro atoms. The monoisotopic (exact) mass is 165 g/mol. The van der Waals surface area contributed by atoms with Crippen LogP contribution in [0.4, 0.5) is 8.78 Å². The first kappa shape index (κ1) is 8.87. The second-order valence-electron chi connectivity index (χ2n) is 3.06. The van der Waals surface area contributed by atoms with Gasteiger partial charge in [0.25, 0.3) is 6.43 Å². The van der Waals surface area contributed by atoms with Crippen LogP contribution in [0.2, 0.25) is 0 Å². The van der Waals surface area contributed by atoms with E-state index in [1.165, 1.54) is 0 Å². The molecule has 1 saturated carbocycles. The number of hydrogen-bond donors (Lipinski definition) is 2. The minimum absolute atomic E-state index is 0.0281. The highest BCUT2D eigenvalue weighted by Gasteiger charge is 2.36. The lowest BCUT2D eigenvalue weighted by molar-refractivity contribution is 0.0607. The second kappa shape index (κ2) is 3.45. The van der Waals surface area contributed by atoms with Crippen LogP contribution in [0.3, 0.4) is 0 Å². The van der Waals surface area contributed by atoms with Crippen LogP contribution in [0, 0.1) is 0 Å². The number of rotatable bonds is 4. The Labute approximate surface area is 64.6 Å². The molecule has 0 heterocycles. The van der Waals surface area contributed by atoms with Crippen LogP contribution in [0.1, 0.15) is 19.3 Å². The van der Waals surface area contributed by atoms with Gasteiger partial charge in [0, 0.05) is 5.54 Å². The maximum atomic E-state index is 11.7. The second-order valence-corrected chi connectivity index (χ2v) is 3.06. The summed E-state index contributed by atoms with van der Waals surface area (Å²) < 4.78 is 23.4. The molecule has 4 heteroatoms. The average Bonchev–Trinajstić information content (AvgIpc) is 1.86. The van der Waals surface area contributed by atoms with Crippen molar-refractivity contribution in [1.29, 1.82) is 0 Å². The van der Waals surface area contributed by atoms with Gasteiger partial charge in [-0.25, -0.2) is 8.78 Å². The Hall–Kier alpha value is -0.220. The van der Waals surface area contributed by atoms with Crippen LogP contribution in [0.15, 0.2) is 0 Å². The van der Waals surface area contributed by atoms with Gasteiger partial charge in [-0.05, 0) is 19.3 Å². The summed E-state index contributed by atoms with van der Waals surface area (Å²) in [6.45, 7) is -0.333. The average molecular weight is 165 g/mol. The van der Waals surface area contributed by atoms with Gasteiger partial charge >= 0.3 is 0 Å². The van der Waals surface area contributed by atoms with Crippen molar-refractivity contribution in [1.82, 2.24) is 5.32 Å². The molecule has 0 unspecified atom stereocenters. The molecule has 1 aliphatic carbocycles. The van der Waals surface area contributed by atoms with Gasteiger partial charge in [0.2, 0.25) is 0 Å². The predicted molar refractivity (Wildman–Crippen MR) is 37.7 cm³/mol. The fourth-order valence-corrected chi connectivity index (χ4v) is 1.29. The zero-order valence-corrected chi connectivity index (χ0v) is 6.32. The van der Waals surface area contributed by atoms with E-state index >= 15 is 0 Å². The first-order valence-electron chi connectivity index (χ1n) is 3.83. The molecule has 0 radical (unpaired) electrons. The Morgan fingerprint density at radius 2 is 2.09 bits per heavy atom. The molecule has 0 aromatic rings. The van der Waals surface area contributed by atoms with Crippen molar-refractivity contribution in [3.05, 3.63) is 0 Å². The third-order valence-corrected chi connectivity index (χ3v) is 2.24. The minimum Gasteiger partial charge on any atom is -0.394 e. The maximum absolute atomic E-state index is 11.7. The third-order valence-electron chi connectivity index (χ3n) is 2.24. The van der Waals surface area contributed by atoms with Crippen LogP contribution >= 0.6 is 0 Å². The van der Waals surface area contributed by atoms with Crippen molar-refractivity contribution < 1.29 is 13.9 Å². The molecular weight excluding hydrogens is 152 g/mol. The Balaban J connectivity index is 2.22. The zero-order valence-electron chi connectivity index (χ0n) is 6.32. The Morgan fingerprint density at radius 1 is 1.45 bits per heavy atom. The summed E-state index contributed by atoms with van der Waals surface area (Å²) in [6, 6.07) is 0. The molecule has 1 rings (SSSR count). The van der Waals surface area contributed by atoms with Crippen molar-refractivity contribution in [3.63, 3.8) is 0 Å². The number of halogens is 2. The normalized spacial score (nSPS) is 21.8. The molecule has 1 fully saturated rings. The first-order chi connectivity index (χ1) is 5.18. The van der Waals surface area contributed by atoms with Gasteiger partial charge in [-0.3, -0.25) is 0 Å². The van der Waals surface area contributed by atoms with Crippen molar-refractivity contribution >= 4 is 0 Å². The SMILES string of the molecule is OCC1(NCC(F)F)CCC1. The van der Waals surface area contributed by atoms with Crippen LogP contribution < -0.4 is 5.32 Å². The van der Waals surface area contributed by atoms with Gasteiger partial charge in [0.05, 0.1) is 13.2 Å². The van der Waals surface area contributed by atoms with E-state index in [0.29, 0.717) is 0 Å². The number of hydrogen-bond acceptors (Lipinski definition) is 2. The molecule has 0 bridgehead atoms. The molecule has 2 N–H and O–H groups in total. The van der Waals surface area contributed by atoms with Crippen molar-refractivity contribution in [2.75, 3.05) is 13.2 Å². The molecule has 0 aliphatic heterocycles. The summed E-state index contributed by atoms with van der Waals surface area (Å²) in [5.41, 5.74) is -0.379. The Bertz CT molecular complexity index is 120. The van der Waals surface area contributed by atoms with E-state index in [2.05, 4.69) is 5.32 Å². The molecule has 0 atom stereocenters. The van der Waals surface area contributed by atoms with Crippen molar-refractivity contribution in [3.8, 4) is 0 Å². The summed E-state index contributed by atoms with van der Waals surface area (Å²) in [6.07, 6.45) is 0.336. The summed E-state index contributed by atoms with van der Waals surface area (Å²) in [7, 11) is 0. The van der Waals surface area contributed by atoms with Gasteiger partial charge in [-0.15, -0.1) is 0 Å². The standard InChI is InChI=1S/C7H13F2NO/c8-6(9)4-10-7(5-11)2-1-3-7/h6,10-11H,1-5H2. The lowest BCUT2D eigenvalue weighted by atomic mass is 9.77. The van der Waals surface area contributed by atoms with Gasteiger partial charge < -0.3 is 10.4 Å². The van der Waals surface area contributed by atoms with Gasteiger partial charge in [-0.1, -0.05) is 0 Å². The topological polar surface area (TPSA) is 32.3 Å². The summed E-state index contributed by atoms with van der Waals surface area (Å²) >= 11 is 0. The van der Waals surface area contributed by atoms with E-state index in [0.717, 1.165) is 19.3 Å². The van der Waals surface area contributed by atoms with Crippen LogP contribution in [0.5, 0.6) is 0 Å². The molecule has 0 aromatic heterocycles. The molecule has 0 aromatic carbocycles. The molecule has 1 aliphatic rings. The molecule has 11 heavy (non-hydrogen) atoms. The molecule has 66 valence electrons. The Morgan fingerprint density at radius 3 is 2.36 bits per heavy atom. The maximum Gasteiger partial charge on any atom is 0.250 e. The van der Waals surface area contributed by atoms with Gasteiger partial charge in [-0.2, -0.15) is 0 Å². The van der Waals surface area contributed by atoms with E-state index in [-0.39, 0.29) is 18.7 Å². The fraction of sp³-hybridized carbons (Fsp3) is 1.00. The number of aliphatic hydroxyl groups excluding tert-OH is 1. The number of alkyl halides is 2. The van der Waals surface area contributed by atoms with E-state index < -0.39 is 6.43 Å². The highest BCUT2D eigenvalue weighted by Crippen LogP contribution is 2.30. The summed E-state index contributed by atoms with van der Waals surface area (Å²) in [4.78, 5) is 0. The van der Waals surface area contributed by atoms with Crippen LogP contribution in [-0.4, -0.2) is 30.2 Å². The zero-order chi connectivity index (χ0) is 8.32. The first-order valence-corrected chi connectivity index (χ1v) is 3.83. The van der Waals surface area contributed by atoms with E-state index in [4.69, 9.17) is 5.11 Å². The summed E-state index contributed by atoms with van der Waals surface area (Å²) in [5.74, 6) is 0. The lowest BCUT2D eigenvalue weighted by Gasteiger charge is -2.41. The van der Waals surface area contributed by atoms with Crippen molar-refractivity contribution in [2.45, 2.75) is 31.2 Å². The van der Waals surface area contributed by atoms with Crippen LogP contribution in [-0.2, 0) is 0 Å². The molecule has 2 nitrogen and oxygen atoms in total. The third kappa shape index (κ3) is 2.10. The molecular formula is C7H13F2NO. The largest absolute Gasteiger partial charge is 0.394 e. The minimum atomic E-state index is -2.32. The van der Waals surface area contributed by atoms with E-state index in [9.17, 15) is 8.78 Å². The smallest absolute Gasteiger partial charge is 0.250 e. The Kier molecular flexibility index (Phi) is 2.78. The van der Waals surface area contributed by atoms with Crippen LogP contribution in [0.25, 0.3) is 0 Å². The van der Waals surface area contributed by atoms with E-state index in [1.807, 2.05) is 0 Å². The highest BCUT2D eigenvalue weighted by atomic mass is 19.3. The fourth-order valence-electron chi connectivity index (χ4n) is 1.29. The number of aliphatic hydroxyl groups is 1. The van der Waals surface area contributed by atoms with Gasteiger partial charge in [0.1, 0.15) is 0 Å².